The second kappa shape index (κ2) is 8.74. The molecule has 0 saturated heterocycles. The maximum atomic E-state index is 5.87. The number of rotatable bonds is 9. The van der Waals surface area contributed by atoms with Gasteiger partial charge in [-0.05, 0) is 44.0 Å². The number of hydrogen-bond acceptors (Lipinski definition) is 6. The summed E-state index contributed by atoms with van der Waals surface area (Å²) in [5.74, 6) is 7.02. The quantitative estimate of drug-likeness (QED) is 0.404. The molecule has 0 unspecified atom stereocenters. The van der Waals surface area contributed by atoms with Gasteiger partial charge in [0, 0.05) is 0 Å². The lowest BCUT2D eigenvalue weighted by molar-refractivity contribution is 0.271. The van der Waals surface area contributed by atoms with Crippen LogP contribution >= 0.6 is 11.3 Å². The summed E-state index contributed by atoms with van der Waals surface area (Å²) in [4.78, 5) is 5.46. The SMILES string of the molecule is CCCCCOc1ccc(-c2sc(NN)nc2C)cc1OCC. The molecule has 0 saturated carbocycles. The van der Waals surface area contributed by atoms with E-state index in [1.165, 1.54) is 24.2 Å². The molecule has 0 spiro atoms. The van der Waals surface area contributed by atoms with E-state index in [4.69, 9.17) is 15.3 Å². The van der Waals surface area contributed by atoms with Gasteiger partial charge in [-0.3, -0.25) is 5.43 Å². The van der Waals surface area contributed by atoms with Crippen molar-refractivity contribution in [3.63, 3.8) is 0 Å². The summed E-state index contributed by atoms with van der Waals surface area (Å²) in [6, 6.07) is 6.03. The van der Waals surface area contributed by atoms with E-state index in [1.807, 2.05) is 32.0 Å². The summed E-state index contributed by atoms with van der Waals surface area (Å²) < 4.78 is 11.6. The first-order valence-electron chi connectivity index (χ1n) is 8.03. The van der Waals surface area contributed by atoms with Gasteiger partial charge >= 0.3 is 0 Å². The Labute approximate surface area is 141 Å². The molecule has 0 radical (unpaired) electrons. The van der Waals surface area contributed by atoms with Gasteiger partial charge in [0.05, 0.1) is 23.8 Å². The summed E-state index contributed by atoms with van der Waals surface area (Å²) in [6.07, 6.45) is 3.42. The van der Waals surface area contributed by atoms with E-state index in [9.17, 15) is 0 Å². The molecule has 5 nitrogen and oxygen atoms in total. The lowest BCUT2D eigenvalue weighted by Gasteiger charge is -2.13. The zero-order valence-corrected chi connectivity index (χ0v) is 14.8. The summed E-state index contributed by atoms with van der Waals surface area (Å²) in [6.45, 7) is 7.45. The smallest absolute Gasteiger partial charge is 0.197 e. The predicted molar refractivity (Wildman–Crippen MR) is 96.3 cm³/mol. The predicted octanol–water partition coefficient (Wildman–Crippen LogP) is 4.37. The number of nitrogens with zero attached hydrogens (tertiary/aromatic N) is 1. The van der Waals surface area contributed by atoms with Crippen molar-refractivity contribution in [2.75, 3.05) is 18.6 Å². The normalized spacial score (nSPS) is 10.6. The first kappa shape index (κ1) is 17.6. The minimum absolute atomic E-state index is 0.603. The van der Waals surface area contributed by atoms with Crippen LogP contribution in [0.15, 0.2) is 18.2 Å². The van der Waals surface area contributed by atoms with E-state index in [-0.39, 0.29) is 0 Å². The first-order chi connectivity index (χ1) is 11.2. The van der Waals surface area contributed by atoms with Crippen molar-refractivity contribution in [3.8, 4) is 21.9 Å². The largest absolute Gasteiger partial charge is 0.490 e. The third-order valence-electron chi connectivity index (χ3n) is 3.43. The zero-order chi connectivity index (χ0) is 16.7. The van der Waals surface area contributed by atoms with E-state index in [1.54, 1.807) is 0 Å². The van der Waals surface area contributed by atoms with Crippen molar-refractivity contribution in [2.24, 2.45) is 5.84 Å². The van der Waals surface area contributed by atoms with Crippen LogP contribution in [0.2, 0.25) is 0 Å². The number of hydrazine groups is 1. The van der Waals surface area contributed by atoms with Gasteiger partial charge in [-0.15, -0.1) is 0 Å². The Hall–Kier alpha value is -1.79. The van der Waals surface area contributed by atoms with Gasteiger partial charge in [0.2, 0.25) is 0 Å². The third kappa shape index (κ3) is 4.59. The van der Waals surface area contributed by atoms with Crippen LogP contribution in [0.5, 0.6) is 11.5 Å². The van der Waals surface area contributed by atoms with Crippen LogP contribution in [0.4, 0.5) is 5.13 Å². The molecule has 1 heterocycles. The number of hydrogen-bond donors (Lipinski definition) is 2. The summed E-state index contributed by atoms with van der Waals surface area (Å²) in [7, 11) is 0. The van der Waals surface area contributed by atoms with Crippen LogP contribution in [0.1, 0.15) is 38.8 Å². The molecule has 2 aromatic rings. The van der Waals surface area contributed by atoms with Gasteiger partial charge in [0.15, 0.2) is 16.6 Å². The number of anilines is 1. The van der Waals surface area contributed by atoms with E-state index < -0.39 is 0 Å². The van der Waals surface area contributed by atoms with Gasteiger partial charge in [-0.25, -0.2) is 10.8 Å². The van der Waals surface area contributed by atoms with Gasteiger partial charge in [-0.2, -0.15) is 0 Å². The Balaban J connectivity index is 2.22. The molecule has 3 N–H and O–H groups in total. The number of nitrogen functional groups attached to an aromatic ring is 1. The number of nitrogens with one attached hydrogen (secondary N) is 1. The highest BCUT2D eigenvalue weighted by Crippen LogP contribution is 2.37. The Kier molecular flexibility index (Phi) is 6.67. The van der Waals surface area contributed by atoms with Crippen molar-refractivity contribution in [1.82, 2.24) is 4.98 Å². The Morgan fingerprint density at radius 1 is 1.17 bits per heavy atom. The lowest BCUT2D eigenvalue weighted by atomic mass is 10.1. The van der Waals surface area contributed by atoms with Crippen molar-refractivity contribution < 1.29 is 9.47 Å². The molecule has 1 aromatic carbocycles. The molecule has 1 aromatic heterocycles. The topological polar surface area (TPSA) is 69.4 Å². The molecule has 0 bridgehead atoms. The van der Waals surface area contributed by atoms with Crippen molar-refractivity contribution >= 4 is 16.5 Å². The number of benzene rings is 1. The summed E-state index contributed by atoms with van der Waals surface area (Å²) >= 11 is 1.53. The fourth-order valence-electron chi connectivity index (χ4n) is 2.30. The molecular weight excluding hydrogens is 310 g/mol. The molecule has 0 fully saturated rings. The highest BCUT2D eigenvalue weighted by atomic mass is 32.1. The van der Waals surface area contributed by atoms with Crippen LogP contribution in [-0.2, 0) is 0 Å². The second-order valence-electron chi connectivity index (χ2n) is 5.23. The minimum Gasteiger partial charge on any atom is -0.490 e. The number of unbranched alkanes of at least 4 members (excludes halogenated alkanes) is 2. The van der Waals surface area contributed by atoms with Gasteiger partial charge in [0.1, 0.15) is 0 Å². The lowest BCUT2D eigenvalue weighted by Crippen LogP contribution is -2.05. The molecule has 126 valence electrons. The highest BCUT2D eigenvalue weighted by Gasteiger charge is 2.13. The second-order valence-corrected chi connectivity index (χ2v) is 6.23. The molecule has 0 aliphatic carbocycles. The van der Waals surface area contributed by atoms with Crippen LogP contribution in [0, 0.1) is 6.92 Å². The van der Waals surface area contributed by atoms with E-state index in [0.29, 0.717) is 18.3 Å². The molecule has 0 atom stereocenters. The van der Waals surface area contributed by atoms with E-state index >= 15 is 0 Å². The Morgan fingerprint density at radius 3 is 2.65 bits per heavy atom. The van der Waals surface area contributed by atoms with Crippen molar-refractivity contribution in [2.45, 2.75) is 40.0 Å². The standard InChI is InChI=1S/C17H25N3O2S/c1-4-6-7-10-22-14-9-8-13(11-15(14)21-5-2)16-12(3)19-17(20-18)23-16/h8-9,11H,4-7,10,18H2,1-3H3,(H,19,20). The maximum absolute atomic E-state index is 5.87. The molecule has 2 rings (SSSR count). The van der Waals surface area contributed by atoms with Crippen molar-refractivity contribution in [3.05, 3.63) is 23.9 Å². The molecule has 0 aliphatic rings. The molecule has 6 heteroatoms. The van der Waals surface area contributed by atoms with Gasteiger partial charge in [-0.1, -0.05) is 31.1 Å². The number of ether oxygens (including phenoxy) is 2. The summed E-state index contributed by atoms with van der Waals surface area (Å²) in [5.41, 5.74) is 4.61. The Morgan fingerprint density at radius 2 is 2.00 bits per heavy atom. The van der Waals surface area contributed by atoms with E-state index in [0.717, 1.165) is 34.1 Å². The minimum atomic E-state index is 0.603. The first-order valence-corrected chi connectivity index (χ1v) is 8.85. The number of aryl methyl sites for hydroxylation is 1. The monoisotopic (exact) mass is 335 g/mol. The molecule has 0 amide bonds. The highest BCUT2D eigenvalue weighted by molar-refractivity contribution is 7.19. The Bertz CT molecular complexity index is 628. The maximum Gasteiger partial charge on any atom is 0.197 e. The molecular formula is C17H25N3O2S. The molecule has 23 heavy (non-hydrogen) atoms. The number of thiazole rings is 1. The fraction of sp³-hybridized carbons (Fsp3) is 0.471. The number of aromatic nitrogens is 1. The molecule has 0 aliphatic heterocycles. The van der Waals surface area contributed by atoms with Crippen LogP contribution in [-0.4, -0.2) is 18.2 Å². The summed E-state index contributed by atoms with van der Waals surface area (Å²) in [5, 5.41) is 0.704. The average Bonchev–Trinajstić information content (AvgIpc) is 2.94. The van der Waals surface area contributed by atoms with Gasteiger partial charge in [0.25, 0.3) is 0 Å². The zero-order valence-electron chi connectivity index (χ0n) is 14.0. The van der Waals surface area contributed by atoms with Crippen molar-refractivity contribution in [1.29, 1.82) is 0 Å². The fourth-order valence-corrected chi connectivity index (χ4v) is 3.17. The van der Waals surface area contributed by atoms with Crippen LogP contribution in [0.3, 0.4) is 0 Å². The van der Waals surface area contributed by atoms with Crippen LogP contribution in [0.25, 0.3) is 10.4 Å². The average molecular weight is 335 g/mol. The third-order valence-corrected chi connectivity index (χ3v) is 4.57. The van der Waals surface area contributed by atoms with Crippen LogP contribution < -0.4 is 20.7 Å². The van der Waals surface area contributed by atoms with Gasteiger partial charge < -0.3 is 9.47 Å². The van der Waals surface area contributed by atoms with E-state index in [2.05, 4.69) is 17.3 Å². The number of nitrogens with two attached hydrogens (primary N) is 1.